The zero-order valence-electron chi connectivity index (χ0n) is 10.4. The SMILES string of the molecule is NC(COc1ccc([N+](=O)[O-])cc1Cl)(C(=O)O)C1CC1. The molecule has 1 aliphatic carbocycles. The van der Waals surface area contributed by atoms with Crippen molar-refractivity contribution in [2.45, 2.75) is 18.4 Å². The van der Waals surface area contributed by atoms with Crippen molar-refractivity contribution in [2.75, 3.05) is 6.61 Å². The number of nitrogens with two attached hydrogens (primary N) is 1. The smallest absolute Gasteiger partial charge is 0.327 e. The van der Waals surface area contributed by atoms with Gasteiger partial charge in [0, 0.05) is 12.1 Å². The van der Waals surface area contributed by atoms with E-state index in [-0.39, 0.29) is 29.0 Å². The van der Waals surface area contributed by atoms with Gasteiger partial charge in [0.15, 0.2) is 5.54 Å². The first-order chi connectivity index (χ1) is 9.34. The molecular formula is C12H13ClN2O5. The largest absolute Gasteiger partial charge is 0.489 e. The predicted octanol–water partition coefficient (Wildman–Crippen LogP) is 1.82. The van der Waals surface area contributed by atoms with Crippen molar-refractivity contribution in [1.82, 2.24) is 0 Å². The molecule has 0 aromatic heterocycles. The summed E-state index contributed by atoms with van der Waals surface area (Å²) in [7, 11) is 0. The molecule has 1 aromatic carbocycles. The summed E-state index contributed by atoms with van der Waals surface area (Å²) in [5.74, 6) is -1.07. The van der Waals surface area contributed by atoms with Gasteiger partial charge in [-0.1, -0.05) is 11.6 Å². The molecule has 1 saturated carbocycles. The van der Waals surface area contributed by atoms with Gasteiger partial charge in [-0.25, -0.2) is 0 Å². The Balaban J connectivity index is 2.10. The van der Waals surface area contributed by atoms with E-state index < -0.39 is 16.4 Å². The van der Waals surface area contributed by atoms with Crippen molar-refractivity contribution in [3.63, 3.8) is 0 Å². The van der Waals surface area contributed by atoms with Crippen molar-refractivity contribution < 1.29 is 19.6 Å². The van der Waals surface area contributed by atoms with Gasteiger partial charge < -0.3 is 15.6 Å². The first kappa shape index (κ1) is 14.5. The second-order valence-electron chi connectivity index (χ2n) is 4.78. The standard InChI is InChI=1S/C12H13ClN2O5/c13-9-5-8(15(18)19)3-4-10(9)20-6-12(14,11(16)17)7-1-2-7/h3-5,7H,1-2,6,14H2,(H,16,17). The number of aliphatic carboxylic acids is 1. The normalized spacial score (nSPS) is 17.3. The Morgan fingerprint density at radius 2 is 2.25 bits per heavy atom. The molecule has 0 amide bonds. The number of rotatable bonds is 6. The van der Waals surface area contributed by atoms with Gasteiger partial charge in [0.1, 0.15) is 12.4 Å². The van der Waals surface area contributed by atoms with Crippen LogP contribution in [0.25, 0.3) is 0 Å². The number of benzene rings is 1. The molecule has 0 spiro atoms. The van der Waals surface area contributed by atoms with Gasteiger partial charge in [0.25, 0.3) is 5.69 Å². The van der Waals surface area contributed by atoms with Crippen LogP contribution in [0.1, 0.15) is 12.8 Å². The van der Waals surface area contributed by atoms with E-state index in [1.807, 2.05) is 0 Å². The first-order valence-electron chi connectivity index (χ1n) is 5.93. The fourth-order valence-corrected chi connectivity index (χ4v) is 2.10. The minimum Gasteiger partial charge on any atom is -0.489 e. The van der Waals surface area contributed by atoms with Crippen LogP contribution in [-0.4, -0.2) is 28.1 Å². The molecule has 0 aliphatic heterocycles. The van der Waals surface area contributed by atoms with Gasteiger partial charge in [-0.2, -0.15) is 0 Å². The van der Waals surface area contributed by atoms with Crippen molar-refractivity contribution in [3.8, 4) is 5.75 Å². The number of non-ortho nitro benzene ring substituents is 1. The number of hydrogen-bond donors (Lipinski definition) is 2. The maximum atomic E-state index is 11.2. The molecule has 7 nitrogen and oxygen atoms in total. The third-order valence-electron chi connectivity index (χ3n) is 3.30. The fraction of sp³-hybridized carbons (Fsp3) is 0.417. The maximum Gasteiger partial charge on any atom is 0.327 e. The van der Waals surface area contributed by atoms with Crippen LogP contribution in [-0.2, 0) is 4.79 Å². The first-order valence-corrected chi connectivity index (χ1v) is 6.31. The van der Waals surface area contributed by atoms with Crippen molar-refractivity contribution >= 4 is 23.3 Å². The lowest BCUT2D eigenvalue weighted by Gasteiger charge is -2.24. The molecule has 0 bridgehead atoms. The minimum atomic E-state index is -1.45. The summed E-state index contributed by atoms with van der Waals surface area (Å²) in [6.45, 7) is -0.232. The number of nitro groups is 1. The Hall–Kier alpha value is -1.86. The number of nitro benzene ring substituents is 1. The number of ether oxygens (including phenoxy) is 1. The van der Waals surface area contributed by atoms with E-state index in [0.29, 0.717) is 0 Å². The van der Waals surface area contributed by atoms with Crippen LogP contribution < -0.4 is 10.5 Å². The molecular weight excluding hydrogens is 288 g/mol. The minimum absolute atomic E-state index is 0.0442. The number of hydrogen-bond acceptors (Lipinski definition) is 5. The lowest BCUT2D eigenvalue weighted by molar-refractivity contribution is -0.384. The highest BCUT2D eigenvalue weighted by Gasteiger charge is 2.49. The summed E-state index contributed by atoms with van der Waals surface area (Å²) in [4.78, 5) is 21.2. The Morgan fingerprint density at radius 3 is 2.70 bits per heavy atom. The highest BCUT2D eigenvalue weighted by atomic mass is 35.5. The highest BCUT2D eigenvalue weighted by Crippen LogP contribution is 2.39. The molecule has 1 aliphatic rings. The van der Waals surface area contributed by atoms with Gasteiger partial charge in [-0.3, -0.25) is 14.9 Å². The Labute approximate surface area is 119 Å². The molecule has 1 atom stereocenters. The maximum absolute atomic E-state index is 11.2. The summed E-state index contributed by atoms with van der Waals surface area (Å²) < 4.78 is 5.34. The summed E-state index contributed by atoms with van der Waals surface area (Å²) in [6, 6.07) is 3.71. The van der Waals surface area contributed by atoms with Gasteiger partial charge in [-0.15, -0.1) is 0 Å². The van der Waals surface area contributed by atoms with E-state index in [9.17, 15) is 20.0 Å². The third-order valence-corrected chi connectivity index (χ3v) is 3.59. The topological polar surface area (TPSA) is 116 Å². The second kappa shape index (κ2) is 5.26. The lowest BCUT2D eigenvalue weighted by atomic mass is 9.96. The molecule has 3 N–H and O–H groups in total. The number of halogens is 1. The highest BCUT2D eigenvalue weighted by molar-refractivity contribution is 6.32. The van der Waals surface area contributed by atoms with Crippen LogP contribution in [0, 0.1) is 16.0 Å². The number of nitrogens with zero attached hydrogens (tertiary/aromatic N) is 1. The molecule has 1 aromatic rings. The molecule has 108 valence electrons. The zero-order valence-corrected chi connectivity index (χ0v) is 11.2. The van der Waals surface area contributed by atoms with Crippen LogP contribution in [0.4, 0.5) is 5.69 Å². The summed E-state index contributed by atoms with van der Waals surface area (Å²) in [5, 5.41) is 19.8. The monoisotopic (exact) mass is 300 g/mol. The van der Waals surface area contributed by atoms with E-state index >= 15 is 0 Å². The molecule has 20 heavy (non-hydrogen) atoms. The number of carboxylic acids is 1. The van der Waals surface area contributed by atoms with E-state index in [1.54, 1.807) is 0 Å². The van der Waals surface area contributed by atoms with Crippen LogP contribution in [0.15, 0.2) is 18.2 Å². The van der Waals surface area contributed by atoms with Crippen LogP contribution >= 0.6 is 11.6 Å². The third kappa shape index (κ3) is 2.83. The Kier molecular flexibility index (Phi) is 3.82. The lowest BCUT2D eigenvalue weighted by Crippen LogP contribution is -2.54. The molecule has 8 heteroatoms. The summed E-state index contributed by atoms with van der Waals surface area (Å²) in [5.41, 5.74) is 4.23. The quantitative estimate of drug-likeness (QED) is 0.611. The molecule has 1 fully saturated rings. The molecule has 0 saturated heterocycles. The molecule has 0 radical (unpaired) electrons. The second-order valence-corrected chi connectivity index (χ2v) is 5.19. The van der Waals surface area contributed by atoms with Crippen molar-refractivity contribution in [1.29, 1.82) is 0 Å². The fourth-order valence-electron chi connectivity index (χ4n) is 1.87. The molecule has 2 rings (SSSR count). The van der Waals surface area contributed by atoms with Crippen LogP contribution in [0.5, 0.6) is 5.75 Å². The summed E-state index contributed by atoms with van der Waals surface area (Å²) in [6.07, 6.45) is 1.50. The van der Waals surface area contributed by atoms with Crippen molar-refractivity contribution in [3.05, 3.63) is 33.3 Å². The van der Waals surface area contributed by atoms with Crippen molar-refractivity contribution in [2.24, 2.45) is 11.7 Å². The van der Waals surface area contributed by atoms with E-state index in [4.69, 9.17) is 22.1 Å². The van der Waals surface area contributed by atoms with Crippen LogP contribution in [0.3, 0.4) is 0 Å². The number of carboxylic acid groups (broad SMARTS) is 1. The van der Waals surface area contributed by atoms with Gasteiger partial charge in [0.05, 0.1) is 9.95 Å². The average Bonchev–Trinajstić information content (AvgIpc) is 3.20. The molecule has 1 unspecified atom stereocenters. The predicted molar refractivity (Wildman–Crippen MR) is 70.9 cm³/mol. The van der Waals surface area contributed by atoms with Gasteiger partial charge in [0.2, 0.25) is 0 Å². The van der Waals surface area contributed by atoms with Gasteiger partial charge >= 0.3 is 5.97 Å². The molecule has 0 heterocycles. The Morgan fingerprint density at radius 1 is 1.60 bits per heavy atom. The summed E-state index contributed by atoms with van der Waals surface area (Å²) >= 11 is 5.86. The van der Waals surface area contributed by atoms with E-state index in [0.717, 1.165) is 18.9 Å². The zero-order chi connectivity index (χ0) is 14.9. The van der Waals surface area contributed by atoms with E-state index in [1.165, 1.54) is 12.1 Å². The average molecular weight is 301 g/mol. The Bertz CT molecular complexity index is 561. The van der Waals surface area contributed by atoms with Gasteiger partial charge in [-0.05, 0) is 24.8 Å². The number of carbonyl (C=O) groups is 1. The van der Waals surface area contributed by atoms with E-state index in [2.05, 4.69) is 0 Å². The van der Waals surface area contributed by atoms with Crippen LogP contribution in [0.2, 0.25) is 5.02 Å².